The third-order valence-corrected chi connectivity index (χ3v) is 2.30. The number of hydrogen-bond acceptors (Lipinski definition) is 4. The number of nitrogens with one attached hydrogen (secondary N) is 1. The summed E-state index contributed by atoms with van der Waals surface area (Å²) in [4.78, 5) is 21.8. The molecule has 0 aliphatic carbocycles. The Balaban J connectivity index is 2.28. The molecule has 90 valence electrons. The number of ether oxygens (including phenoxy) is 2. The zero-order valence-electron chi connectivity index (χ0n) is 8.85. The van der Waals surface area contributed by atoms with E-state index in [9.17, 15) is 9.59 Å². The average Bonchev–Trinajstić information content (AvgIpc) is 2.71. The number of carbonyl (C=O) groups excluding carboxylic acids is 1. The van der Waals surface area contributed by atoms with Crippen LogP contribution in [0.25, 0.3) is 0 Å². The fourth-order valence-electron chi connectivity index (χ4n) is 1.52. The summed E-state index contributed by atoms with van der Waals surface area (Å²) in [6.45, 7) is 4.19. The number of amides is 1. The van der Waals surface area contributed by atoms with Crippen LogP contribution in [0.3, 0.4) is 0 Å². The standard InChI is InChI=1S/C10H15NO5/c1-2-4-16-10(14)11-6-7-3-5-15-8(7)9(12)13/h2,7-8H,1,3-6H2,(H,11,14)(H,12,13)/t7-,8-/m1/s1. The van der Waals surface area contributed by atoms with Crippen LogP contribution in [0.15, 0.2) is 12.7 Å². The van der Waals surface area contributed by atoms with E-state index in [2.05, 4.69) is 11.9 Å². The van der Waals surface area contributed by atoms with Crippen molar-refractivity contribution < 1.29 is 24.2 Å². The molecule has 2 atom stereocenters. The number of carbonyl (C=O) groups is 2. The van der Waals surface area contributed by atoms with Crippen LogP contribution < -0.4 is 5.32 Å². The quantitative estimate of drug-likeness (QED) is 0.666. The van der Waals surface area contributed by atoms with Crippen LogP contribution >= 0.6 is 0 Å². The van der Waals surface area contributed by atoms with Gasteiger partial charge in [0.25, 0.3) is 0 Å². The lowest BCUT2D eigenvalue weighted by molar-refractivity contribution is -0.149. The molecule has 0 radical (unpaired) electrons. The van der Waals surface area contributed by atoms with Crippen LogP contribution in [0.1, 0.15) is 6.42 Å². The summed E-state index contributed by atoms with van der Waals surface area (Å²) < 4.78 is 9.72. The van der Waals surface area contributed by atoms with Crippen molar-refractivity contribution in [2.75, 3.05) is 19.8 Å². The monoisotopic (exact) mass is 229 g/mol. The Kier molecular flexibility index (Phi) is 4.78. The number of carboxylic acid groups (broad SMARTS) is 1. The van der Waals surface area contributed by atoms with Gasteiger partial charge < -0.3 is 19.9 Å². The van der Waals surface area contributed by atoms with Gasteiger partial charge in [-0.1, -0.05) is 12.7 Å². The van der Waals surface area contributed by atoms with E-state index in [-0.39, 0.29) is 19.1 Å². The highest BCUT2D eigenvalue weighted by Crippen LogP contribution is 2.20. The highest BCUT2D eigenvalue weighted by Gasteiger charge is 2.34. The minimum atomic E-state index is -0.997. The van der Waals surface area contributed by atoms with Crippen LogP contribution in [0.2, 0.25) is 0 Å². The van der Waals surface area contributed by atoms with Gasteiger partial charge in [-0.05, 0) is 6.42 Å². The first-order valence-electron chi connectivity index (χ1n) is 5.01. The molecule has 1 heterocycles. The molecule has 0 aromatic heterocycles. The number of carboxylic acids is 1. The molecule has 1 rings (SSSR count). The highest BCUT2D eigenvalue weighted by molar-refractivity contribution is 5.73. The molecule has 0 spiro atoms. The molecule has 6 heteroatoms. The Labute approximate surface area is 93.2 Å². The van der Waals surface area contributed by atoms with Crippen molar-refractivity contribution in [3.05, 3.63) is 12.7 Å². The van der Waals surface area contributed by atoms with E-state index in [0.29, 0.717) is 13.0 Å². The van der Waals surface area contributed by atoms with Gasteiger partial charge in [0.05, 0.1) is 0 Å². The molecular formula is C10H15NO5. The summed E-state index contributed by atoms with van der Waals surface area (Å²) in [7, 11) is 0. The first-order chi connectivity index (χ1) is 7.65. The molecule has 2 N–H and O–H groups in total. The summed E-state index contributed by atoms with van der Waals surface area (Å²) >= 11 is 0. The van der Waals surface area contributed by atoms with Gasteiger partial charge in [-0.25, -0.2) is 9.59 Å². The van der Waals surface area contributed by atoms with Gasteiger partial charge in [0, 0.05) is 19.1 Å². The number of aliphatic carboxylic acids is 1. The van der Waals surface area contributed by atoms with E-state index in [1.165, 1.54) is 6.08 Å². The van der Waals surface area contributed by atoms with Crippen molar-refractivity contribution in [3.8, 4) is 0 Å². The normalized spacial score (nSPS) is 23.8. The van der Waals surface area contributed by atoms with E-state index in [0.717, 1.165) is 0 Å². The molecule has 6 nitrogen and oxygen atoms in total. The fraction of sp³-hybridized carbons (Fsp3) is 0.600. The molecule has 1 saturated heterocycles. The fourth-order valence-corrected chi connectivity index (χ4v) is 1.52. The van der Waals surface area contributed by atoms with Gasteiger partial charge in [0.2, 0.25) is 0 Å². The van der Waals surface area contributed by atoms with Crippen molar-refractivity contribution in [1.29, 1.82) is 0 Å². The third kappa shape index (κ3) is 3.54. The predicted octanol–water partition coefficient (Wildman–Crippen LogP) is 0.388. The minimum absolute atomic E-state index is 0.134. The van der Waals surface area contributed by atoms with Gasteiger partial charge in [0.15, 0.2) is 6.10 Å². The largest absolute Gasteiger partial charge is 0.479 e. The van der Waals surface area contributed by atoms with Crippen LogP contribution in [0.4, 0.5) is 4.79 Å². The predicted molar refractivity (Wildman–Crippen MR) is 55.0 cm³/mol. The van der Waals surface area contributed by atoms with Gasteiger partial charge in [-0.2, -0.15) is 0 Å². The summed E-state index contributed by atoms with van der Waals surface area (Å²) in [5.74, 6) is -1.20. The molecule has 1 aliphatic rings. The SMILES string of the molecule is C=CCOC(=O)NC[C@H]1CCO[C@H]1C(=O)O. The average molecular weight is 229 g/mol. The first-order valence-corrected chi connectivity index (χ1v) is 5.01. The van der Waals surface area contributed by atoms with Crippen LogP contribution in [0, 0.1) is 5.92 Å². The summed E-state index contributed by atoms with van der Waals surface area (Å²) in [6.07, 6.45) is 0.674. The third-order valence-electron chi connectivity index (χ3n) is 2.30. The van der Waals surface area contributed by atoms with Crippen molar-refractivity contribution in [2.45, 2.75) is 12.5 Å². The molecule has 0 aromatic carbocycles. The first kappa shape index (κ1) is 12.5. The van der Waals surface area contributed by atoms with E-state index >= 15 is 0 Å². The van der Waals surface area contributed by atoms with Crippen molar-refractivity contribution >= 4 is 12.1 Å². The molecule has 0 bridgehead atoms. The summed E-state index contributed by atoms with van der Waals surface area (Å²) in [5.41, 5.74) is 0. The van der Waals surface area contributed by atoms with Crippen molar-refractivity contribution in [2.24, 2.45) is 5.92 Å². The lowest BCUT2D eigenvalue weighted by Crippen LogP contribution is -2.36. The molecule has 0 saturated carbocycles. The Morgan fingerprint density at radius 3 is 3.00 bits per heavy atom. The number of rotatable bonds is 5. The van der Waals surface area contributed by atoms with Crippen molar-refractivity contribution in [1.82, 2.24) is 5.32 Å². The molecule has 1 amide bonds. The summed E-state index contributed by atoms with van der Waals surface area (Å²) in [6, 6.07) is 0. The second-order valence-electron chi connectivity index (χ2n) is 3.45. The Bertz CT molecular complexity index is 278. The lowest BCUT2D eigenvalue weighted by Gasteiger charge is -2.14. The van der Waals surface area contributed by atoms with Gasteiger partial charge in [-0.3, -0.25) is 0 Å². The lowest BCUT2D eigenvalue weighted by atomic mass is 10.0. The molecule has 1 fully saturated rings. The number of alkyl carbamates (subject to hydrolysis) is 1. The molecule has 0 aromatic rings. The van der Waals surface area contributed by atoms with E-state index in [4.69, 9.17) is 14.6 Å². The maximum absolute atomic E-state index is 11.1. The Morgan fingerprint density at radius 1 is 1.62 bits per heavy atom. The van der Waals surface area contributed by atoms with Gasteiger partial charge >= 0.3 is 12.1 Å². The van der Waals surface area contributed by atoms with Crippen LogP contribution in [-0.4, -0.2) is 43.0 Å². The zero-order valence-corrected chi connectivity index (χ0v) is 8.85. The van der Waals surface area contributed by atoms with Crippen LogP contribution in [-0.2, 0) is 14.3 Å². The highest BCUT2D eigenvalue weighted by atomic mass is 16.5. The smallest absolute Gasteiger partial charge is 0.407 e. The maximum atomic E-state index is 11.1. The maximum Gasteiger partial charge on any atom is 0.407 e. The molecule has 16 heavy (non-hydrogen) atoms. The summed E-state index contributed by atoms with van der Waals surface area (Å²) in [5, 5.41) is 11.3. The second-order valence-corrected chi connectivity index (χ2v) is 3.45. The van der Waals surface area contributed by atoms with Crippen LogP contribution in [0.5, 0.6) is 0 Å². The van der Waals surface area contributed by atoms with E-state index in [1.54, 1.807) is 0 Å². The zero-order chi connectivity index (χ0) is 12.0. The Hall–Kier alpha value is -1.56. The molecule has 0 unspecified atom stereocenters. The minimum Gasteiger partial charge on any atom is -0.479 e. The molecular weight excluding hydrogens is 214 g/mol. The topological polar surface area (TPSA) is 84.9 Å². The van der Waals surface area contributed by atoms with Crippen molar-refractivity contribution in [3.63, 3.8) is 0 Å². The van der Waals surface area contributed by atoms with Gasteiger partial charge in [0.1, 0.15) is 6.61 Å². The van der Waals surface area contributed by atoms with Gasteiger partial charge in [-0.15, -0.1) is 0 Å². The van der Waals surface area contributed by atoms with E-state index < -0.39 is 18.2 Å². The Morgan fingerprint density at radius 2 is 2.38 bits per heavy atom. The van der Waals surface area contributed by atoms with E-state index in [1.807, 2.05) is 0 Å². The second kappa shape index (κ2) is 6.12. The number of hydrogen-bond donors (Lipinski definition) is 2. The molecule has 1 aliphatic heterocycles.